The van der Waals surface area contributed by atoms with Crippen LogP contribution in [0.15, 0.2) is 24.3 Å². The van der Waals surface area contributed by atoms with E-state index in [4.69, 9.17) is 18.9 Å². The second kappa shape index (κ2) is 8.35. The Kier molecular flexibility index (Phi) is 5.69. The molecule has 1 saturated carbocycles. The molecule has 4 rings (SSSR count). The van der Waals surface area contributed by atoms with Crippen molar-refractivity contribution < 1.29 is 23.7 Å². The number of amides is 2. The highest BCUT2D eigenvalue weighted by Crippen LogP contribution is 2.30. The van der Waals surface area contributed by atoms with E-state index in [1.165, 1.54) is 19.3 Å². The van der Waals surface area contributed by atoms with Crippen LogP contribution in [0.5, 0.6) is 11.5 Å². The van der Waals surface area contributed by atoms with Crippen LogP contribution in [0.25, 0.3) is 0 Å². The zero-order valence-corrected chi connectivity index (χ0v) is 15.7. The second-order valence-electron chi connectivity index (χ2n) is 7.49. The van der Waals surface area contributed by atoms with Crippen molar-refractivity contribution in [2.24, 2.45) is 0 Å². The van der Waals surface area contributed by atoms with Crippen LogP contribution in [0.3, 0.4) is 0 Å². The van der Waals surface area contributed by atoms with Crippen molar-refractivity contribution in [3.05, 3.63) is 24.3 Å². The summed E-state index contributed by atoms with van der Waals surface area (Å²) in [5.74, 6) is 1.54. The number of benzene rings is 1. The predicted octanol–water partition coefficient (Wildman–Crippen LogP) is 2.24. The molecule has 148 valence electrons. The van der Waals surface area contributed by atoms with Gasteiger partial charge in [-0.1, -0.05) is 19.3 Å². The molecule has 2 N–H and O–H groups in total. The number of hydrogen-bond donors (Lipinski definition) is 2. The van der Waals surface area contributed by atoms with Gasteiger partial charge in [-0.25, -0.2) is 4.79 Å². The summed E-state index contributed by atoms with van der Waals surface area (Å²) in [5.41, 5.74) is 0. The SMILES string of the molecule is COc1ccc(O[C@H]2CO[C@H]3[C@@H]2OC[C@@H]3NC(=O)NC2CCCCC2)cc1. The molecule has 0 radical (unpaired) electrons. The van der Waals surface area contributed by atoms with Crippen LogP contribution in [-0.4, -0.2) is 56.8 Å². The van der Waals surface area contributed by atoms with E-state index in [0.717, 1.165) is 24.3 Å². The van der Waals surface area contributed by atoms with Crippen molar-refractivity contribution in [1.82, 2.24) is 10.6 Å². The molecule has 2 aliphatic heterocycles. The van der Waals surface area contributed by atoms with Crippen molar-refractivity contribution in [2.45, 2.75) is 62.5 Å². The summed E-state index contributed by atoms with van der Waals surface area (Å²) in [6.45, 7) is 0.889. The molecule has 2 heterocycles. The lowest BCUT2D eigenvalue weighted by atomic mass is 9.96. The van der Waals surface area contributed by atoms with E-state index in [2.05, 4.69) is 10.6 Å². The van der Waals surface area contributed by atoms with E-state index in [9.17, 15) is 4.79 Å². The fraction of sp³-hybridized carbons (Fsp3) is 0.650. The molecule has 4 atom stereocenters. The maximum atomic E-state index is 12.3. The Bertz CT molecular complexity index is 632. The Balaban J connectivity index is 1.28. The van der Waals surface area contributed by atoms with Gasteiger partial charge in [0.05, 0.1) is 26.4 Å². The number of urea groups is 1. The Labute approximate surface area is 159 Å². The van der Waals surface area contributed by atoms with E-state index in [-0.39, 0.29) is 36.4 Å². The zero-order chi connectivity index (χ0) is 18.6. The van der Waals surface area contributed by atoms with Crippen LogP contribution in [-0.2, 0) is 9.47 Å². The van der Waals surface area contributed by atoms with Crippen molar-refractivity contribution in [3.8, 4) is 11.5 Å². The van der Waals surface area contributed by atoms with Gasteiger partial charge in [0, 0.05) is 6.04 Å². The number of fused-ring (bicyclic) bond motifs is 1. The lowest BCUT2D eigenvalue weighted by Gasteiger charge is -2.24. The molecule has 7 heteroatoms. The summed E-state index contributed by atoms with van der Waals surface area (Å²) >= 11 is 0. The summed E-state index contributed by atoms with van der Waals surface area (Å²) in [4.78, 5) is 12.3. The van der Waals surface area contributed by atoms with Crippen LogP contribution in [0.4, 0.5) is 4.79 Å². The normalized spacial score (nSPS) is 30.6. The Hall–Kier alpha value is -1.99. The number of ether oxygens (including phenoxy) is 4. The van der Waals surface area contributed by atoms with Crippen molar-refractivity contribution in [1.29, 1.82) is 0 Å². The van der Waals surface area contributed by atoms with Gasteiger partial charge in [-0.2, -0.15) is 0 Å². The maximum Gasteiger partial charge on any atom is 0.315 e. The summed E-state index contributed by atoms with van der Waals surface area (Å²) in [7, 11) is 1.63. The first-order valence-electron chi connectivity index (χ1n) is 9.84. The molecule has 0 aromatic heterocycles. The minimum Gasteiger partial charge on any atom is -0.497 e. The molecule has 2 saturated heterocycles. The van der Waals surface area contributed by atoms with Gasteiger partial charge in [0.2, 0.25) is 0 Å². The largest absolute Gasteiger partial charge is 0.497 e. The third kappa shape index (κ3) is 4.30. The lowest BCUT2D eigenvalue weighted by molar-refractivity contribution is 0.0303. The van der Waals surface area contributed by atoms with Crippen molar-refractivity contribution in [3.63, 3.8) is 0 Å². The van der Waals surface area contributed by atoms with Crippen LogP contribution >= 0.6 is 0 Å². The Morgan fingerprint density at radius 1 is 0.963 bits per heavy atom. The van der Waals surface area contributed by atoms with E-state index in [0.29, 0.717) is 13.2 Å². The van der Waals surface area contributed by atoms with Gasteiger partial charge < -0.3 is 29.6 Å². The molecule has 1 aliphatic carbocycles. The summed E-state index contributed by atoms with van der Waals surface area (Å²) in [5, 5.41) is 6.11. The van der Waals surface area contributed by atoms with Crippen LogP contribution in [0.1, 0.15) is 32.1 Å². The summed E-state index contributed by atoms with van der Waals surface area (Å²) in [6, 6.07) is 7.47. The van der Waals surface area contributed by atoms with Crippen LogP contribution < -0.4 is 20.1 Å². The molecule has 3 fully saturated rings. The van der Waals surface area contributed by atoms with Crippen molar-refractivity contribution in [2.75, 3.05) is 20.3 Å². The summed E-state index contributed by atoms with van der Waals surface area (Å²) in [6.07, 6.45) is 5.24. The average molecular weight is 376 g/mol. The average Bonchev–Trinajstić information content (AvgIpc) is 3.27. The van der Waals surface area contributed by atoms with Crippen molar-refractivity contribution >= 4 is 6.03 Å². The molecule has 0 bridgehead atoms. The molecule has 1 aromatic rings. The van der Waals surface area contributed by atoms with Crippen LogP contribution in [0, 0.1) is 0 Å². The molecule has 3 aliphatic rings. The van der Waals surface area contributed by atoms with E-state index >= 15 is 0 Å². The highest BCUT2D eigenvalue weighted by molar-refractivity contribution is 5.74. The fourth-order valence-corrected chi connectivity index (χ4v) is 4.16. The molecule has 2 amide bonds. The van der Waals surface area contributed by atoms with Gasteiger partial charge in [-0.3, -0.25) is 0 Å². The molecular formula is C20H28N2O5. The van der Waals surface area contributed by atoms with Gasteiger partial charge in [0.15, 0.2) is 6.10 Å². The number of carbonyl (C=O) groups is 1. The lowest BCUT2D eigenvalue weighted by Crippen LogP contribution is -2.51. The van der Waals surface area contributed by atoms with E-state index < -0.39 is 0 Å². The van der Waals surface area contributed by atoms with Gasteiger partial charge in [0.25, 0.3) is 0 Å². The topological polar surface area (TPSA) is 78.1 Å². The minimum absolute atomic E-state index is 0.126. The first-order valence-corrected chi connectivity index (χ1v) is 9.84. The second-order valence-corrected chi connectivity index (χ2v) is 7.49. The fourth-order valence-electron chi connectivity index (χ4n) is 4.16. The molecule has 0 spiro atoms. The third-order valence-electron chi connectivity index (χ3n) is 5.61. The number of hydrogen-bond acceptors (Lipinski definition) is 5. The predicted molar refractivity (Wildman–Crippen MR) is 99.2 cm³/mol. The quantitative estimate of drug-likeness (QED) is 0.824. The van der Waals surface area contributed by atoms with Gasteiger partial charge in [0.1, 0.15) is 23.7 Å². The third-order valence-corrected chi connectivity index (χ3v) is 5.61. The monoisotopic (exact) mass is 376 g/mol. The number of carbonyl (C=O) groups excluding carboxylic acids is 1. The number of rotatable bonds is 5. The molecule has 7 nitrogen and oxygen atoms in total. The Morgan fingerprint density at radius 2 is 1.67 bits per heavy atom. The smallest absolute Gasteiger partial charge is 0.315 e. The highest BCUT2D eigenvalue weighted by atomic mass is 16.6. The van der Waals surface area contributed by atoms with Gasteiger partial charge in [-0.05, 0) is 37.1 Å². The van der Waals surface area contributed by atoms with Gasteiger partial charge in [-0.15, -0.1) is 0 Å². The van der Waals surface area contributed by atoms with E-state index in [1.54, 1.807) is 7.11 Å². The zero-order valence-electron chi connectivity index (χ0n) is 15.7. The first kappa shape index (κ1) is 18.4. The Morgan fingerprint density at radius 3 is 2.41 bits per heavy atom. The number of nitrogens with one attached hydrogen (secondary N) is 2. The molecule has 0 unspecified atom stereocenters. The van der Waals surface area contributed by atoms with Gasteiger partial charge >= 0.3 is 6.03 Å². The maximum absolute atomic E-state index is 12.3. The molecule has 1 aromatic carbocycles. The van der Waals surface area contributed by atoms with Crippen LogP contribution in [0.2, 0.25) is 0 Å². The first-order chi connectivity index (χ1) is 13.2. The standard InChI is InChI=1S/C20H28N2O5/c1-24-14-7-9-15(10-8-14)27-17-12-26-18-16(11-25-19(17)18)22-20(23)21-13-5-3-2-4-6-13/h7-10,13,16-19H,2-6,11-12H2,1H3,(H2,21,22,23)/t16-,17-,18+,19+/m0/s1. The van der Waals surface area contributed by atoms with E-state index in [1.807, 2.05) is 24.3 Å². The summed E-state index contributed by atoms with van der Waals surface area (Å²) < 4.78 is 23.0. The molecular weight excluding hydrogens is 348 g/mol. The molecule has 27 heavy (non-hydrogen) atoms. The number of methoxy groups -OCH3 is 1. The minimum atomic E-state index is -0.184. The highest BCUT2D eigenvalue weighted by Gasteiger charge is 2.49.